The molecule has 34 heavy (non-hydrogen) atoms. The number of pyridine rings is 1. The van der Waals surface area contributed by atoms with E-state index < -0.39 is 0 Å². The summed E-state index contributed by atoms with van der Waals surface area (Å²) >= 11 is 18.6. The van der Waals surface area contributed by atoms with Crippen LogP contribution in [0.4, 0.5) is 0 Å². The monoisotopic (exact) mass is 508 g/mol. The molecular weight excluding hydrogens is 487 g/mol. The SMILES string of the molecule is COc1ccc(CN2C(=S)N[C@@H](c3ccccn3)[C@H]2c2cccn2-c2ccc(Cl)cc2Cl)cc1. The molecular formula is C26H22Cl2N4OS. The lowest BCUT2D eigenvalue weighted by atomic mass is 10.0. The first kappa shape index (κ1) is 22.7. The summed E-state index contributed by atoms with van der Waals surface area (Å²) in [5.41, 5.74) is 3.94. The molecule has 172 valence electrons. The number of thiocarbonyl (C=S) groups is 1. The Kier molecular flexibility index (Phi) is 6.46. The number of methoxy groups -OCH3 is 1. The molecule has 1 fully saturated rings. The van der Waals surface area contributed by atoms with Gasteiger partial charge in [-0.3, -0.25) is 4.98 Å². The molecule has 1 saturated heterocycles. The van der Waals surface area contributed by atoms with Crippen LogP contribution in [0.15, 0.2) is 85.2 Å². The molecule has 2 aromatic carbocycles. The summed E-state index contributed by atoms with van der Waals surface area (Å²) in [6.07, 6.45) is 3.81. The number of hydrogen-bond acceptors (Lipinski definition) is 3. The number of benzene rings is 2. The first-order valence-electron chi connectivity index (χ1n) is 10.8. The zero-order valence-electron chi connectivity index (χ0n) is 18.4. The second-order valence-corrected chi connectivity index (χ2v) is 9.23. The van der Waals surface area contributed by atoms with E-state index in [9.17, 15) is 0 Å². The molecule has 0 bridgehead atoms. The van der Waals surface area contributed by atoms with Gasteiger partial charge in [0.1, 0.15) is 5.75 Å². The van der Waals surface area contributed by atoms with Crippen LogP contribution in [-0.2, 0) is 6.54 Å². The number of aromatic nitrogens is 2. The van der Waals surface area contributed by atoms with Gasteiger partial charge in [0, 0.05) is 29.7 Å². The van der Waals surface area contributed by atoms with E-state index in [-0.39, 0.29) is 12.1 Å². The second-order valence-electron chi connectivity index (χ2n) is 8.00. The largest absolute Gasteiger partial charge is 0.497 e. The van der Waals surface area contributed by atoms with Crippen LogP contribution >= 0.6 is 35.4 Å². The van der Waals surface area contributed by atoms with Gasteiger partial charge in [0.2, 0.25) is 0 Å². The summed E-state index contributed by atoms with van der Waals surface area (Å²) in [6.45, 7) is 0.628. The third-order valence-electron chi connectivity index (χ3n) is 5.96. The first-order valence-corrected chi connectivity index (χ1v) is 12.0. The van der Waals surface area contributed by atoms with Crippen molar-refractivity contribution in [3.05, 3.63) is 112 Å². The van der Waals surface area contributed by atoms with Crippen molar-refractivity contribution in [3.63, 3.8) is 0 Å². The van der Waals surface area contributed by atoms with E-state index in [1.807, 2.05) is 54.7 Å². The highest BCUT2D eigenvalue weighted by Gasteiger charge is 2.41. The topological polar surface area (TPSA) is 42.3 Å². The fourth-order valence-corrected chi connectivity index (χ4v) is 5.16. The molecule has 3 heterocycles. The first-order chi connectivity index (χ1) is 16.5. The molecule has 0 unspecified atom stereocenters. The molecule has 1 N–H and O–H groups in total. The fraction of sp³-hybridized carbons (Fsp3) is 0.154. The van der Waals surface area contributed by atoms with Gasteiger partial charge in [-0.05, 0) is 72.4 Å². The lowest BCUT2D eigenvalue weighted by Gasteiger charge is -2.29. The third-order valence-corrected chi connectivity index (χ3v) is 6.85. The predicted octanol–water partition coefficient (Wildman–Crippen LogP) is 6.36. The molecule has 5 rings (SSSR count). The van der Waals surface area contributed by atoms with Gasteiger partial charge < -0.3 is 19.5 Å². The van der Waals surface area contributed by atoms with Crippen LogP contribution in [0.3, 0.4) is 0 Å². The Hall–Kier alpha value is -3.06. The number of hydrogen-bond donors (Lipinski definition) is 1. The Morgan fingerprint density at radius 1 is 1.03 bits per heavy atom. The standard InChI is InChI=1S/C26H22Cl2N4OS/c1-33-19-10-7-17(8-11-19)16-32-25(24(30-26(32)34)21-5-2-3-13-29-21)23-6-4-14-31(23)22-12-9-18(27)15-20(22)28/h2-15,24-25H,16H2,1H3,(H,30,34)/t24-,25+/m0/s1. The predicted molar refractivity (Wildman–Crippen MR) is 140 cm³/mol. The maximum absolute atomic E-state index is 6.59. The van der Waals surface area contributed by atoms with Crippen LogP contribution in [0.1, 0.15) is 29.0 Å². The Balaban J connectivity index is 1.59. The van der Waals surface area contributed by atoms with Gasteiger partial charge in [0.05, 0.1) is 35.6 Å². The zero-order chi connectivity index (χ0) is 23.7. The average Bonchev–Trinajstić information content (AvgIpc) is 3.44. The quantitative estimate of drug-likeness (QED) is 0.307. The van der Waals surface area contributed by atoms with Crippen LogP contribution in [0.2, 0.25) is 10.0 Å². The summed E-state index contributed by atoms with van der Waals surface area (Å²) in [5, 5.41) is 5.35. The average molecular weight is 509 g/mol. The lowest BCUT2D eigenvalue weighted by Crippen LogP contribution is -2.30. The molecule has 0 radical (unpaired) electrons. The highest BCUT2D eigenvalue weighted by atomic mass is 35.5. The van der Waals surface area contributed by atoms with Gasteiger partial charge in [0.25, 0.3) is 0 Å². The maximum Gasteiger partial charge on any atom is 0.170 e. The lowest BCUT2D eigenvalue weighted by molar-refractivity contribution is 0.302. The van der Waals surface area contributed by atoms with Crippen LogP contribution in [-0.4, -0.2) is 26.7 Å². The normalized spacial score (nSPS) is 17.6. The molecule has 0 saturated carbocycles. The van der Waals surface area contributed by atoms with Crippen molar-refractivity contribution in [1.82, 2.24) is 19.8 Å². The van der Waals surface area contributed by atoms with Gasteiger partial charge in [-0.25, -0.2) is 0 Å². The molecule has 0 aliphatic carbocycles. The molecule has 2 aromatic heterocycles. The van der Waals surface area contributed by atoms with Gasteiger partial charge in [-0.15, -0.1) is 0 Å². The number of ether oxygens (including phenoxy) is 1. The Morgan fingerprint density at radius 2 is 1.85 bits per heavy atom. The molecule has 0 spiro atoms. The third kappa shape index (κ3) is 4.37. The minimum Gasteiger partial charge on any atom is -0.497 e. The number of nitrogens with zero attached hydrogens (tertiary/aromatic N) is 3. The summed E-state index contributed by atoms with van der Waals surface area (Å²) in [5.74, 6) is 0.819. The number of nitrogens with one attached hydrogen (secondary N) is 1. The van der Waals surface area contributed by atoms with Crippen molar-refractivity contribution in [2.24, 2.45) is 0 Å². The van der Waals surface area contributed by atoms with E-state index in [0.29, 0.717) is 21.7 Å². The van der Waals surface area contributed by atoms with Crippen LogP contribution in [0.25, 0.3) is 5.69 Å². The minimum absolute atomic E-state index is 0.119. The molecule has 1 aliphatic rings. The Bertz CT molecular complexity index is 1310. The van der Waals surface area contributed by atoms with Crippen molar-refractivity contribution >= 4 is 40.5 Å². The van der Waals surface area contributed by atoms with E-state index in [0.717, 1.165) is 28.4 Å². The van der Waals surface area contributed by atoms with Crippen molar-refractivity contribution in [2.45, 2.75) is 18.6 Å². The summed E-state index contributed by atoms with van der Waals surface area (Å²) in [7, 11) is 1.66. The van der Waals surface area contributed by atoms with Crippen LogP contribution in [0.5, 0.6) is 5.75 Å². The fourth-order valence-electron chi connectivity index (χ4n) is 4.36. The minimum atomic E-state index is -0.133. The summed E-state index contributed by atoms with van der Waals surface area (Å²) in [4.78, 5) is 6.83. The molecule has 0 amide bonds. The van der Waals surface area contributed by atoms with E-state index >= 15 is 0 Å². The molecule has 5 nitrogen and oxygen atoms in total. The summed E-state index contributed by atoms with van der Waals surface area (Å²) in [6, 6.07) is 23.4. The Morgan fingerprint density at radius 3 is 2.56 bits per heavy atom. The zero-order valence-corrected chi connectivity index (χ0v) is 20.7. The van der Waals surface area contributed by atoms with Crippen molar-refractivity contribution in [2.75, 3.05) is 7.11 Å². The van der Waals surface area contributed by atoms with E-state index in [1.54, 1.807) is 19.4 Å². The maximum atomic E-state index is 6.59. The molecule has 8 heteroatoms. The molecule has 1 aliphatic heterocycles. The van der Waals surface area contributed by atoms with Gasteiger partial charge in [-0.2, -0.15) is 0 Å². The van der Waals surface area contributed by atoms with E-state index in [4.69, 9.17) is 40.2 Å². The van der Waals surface area contributed by atoms with E-state index in [2.05, 4.69) is 38.0 Å². The van der Waals surface area contributed by atoms with Crippen molar-refractivity contribution in [1.29, 1.82) is 0 Å². The van der Waals surface area contributed by atoms with Crippen molar-refractivity contribution in [3.8, 4) is 11.4 Å². The smallest absolute Gasteiger partial charge is 0.170 e. The second kappa shape index (κ2) is 9.66. The summed E-state index contributed by atoms with van der Waals surface area (Å²) < 4.78 is 7.41. The highest BCUT2D eigenvalue weighted by Crippen LogP contribution is 2.41. The highest BCUT2D eigenvalue weighted by molar-refractivity contribution is 7.80. The van der Waals surface area contributed by atoms with Gasteiger partial charge in [-0.1, -0.05) is 41.4 Å². The molecule has 2 atom stereocenters. The molecule has 4 aromatic rings. The number of rotatable bonds is 6. The number of halogens is 2. The van der Waals surface area contributed by atoms with E-state index in [1.165, 1.54) is 0 Å². The van der Waals surface area contributed by atoms with Gasteiger partial charge in [0.15, 0.2) is 5.11 Å². The van der Waals surface area contributed by atoms with Gasteiger partial charge >= 0.3 is 0 Å². The van der Waals surface area contributed by atoms with Crippen molar-refractivity contribution < 1.29 is 4.74 Å². The van der Waals surface area contributed by atoms with Crippen LogP contribution < -0.4 is 10.1 Å². The van der Waals surface area contributed by atoms with Crippen LogP contribution in [0, 0.1) is 0 Å². The Labute approximate surface area is 213 Å².